The van der Waals surface area contributed by atoms with E-state index in [9.17, 15) is 22.4 Å². The van der Waals surface area contributed by atoms with E-state index >= 15 is 0 Å². The van der Waals surface area contributed by atoms with Crippen molar-refractivity contribution in [1.29, 1.82) is 0 Å². The quantitative estimate of drug-likeness (QED) is 0.868. The van der Waals surface area contributed by atoms with E-state index in [0.717, 1.165) is 24.3 Å². The molecule has 0 aromatic heterocycles. The molecular formula is C15H11FN2O5S. The van der Waals surface area contributed by atoms with Gasteiger partial charge in [0.1, 0.15) is 11.6 Å². The molecule has 2 amide bonds. The molecule has 124 valence electrons. The number of carbonyl (C=O) groups is 2. The Hall–Kier alpha value is -2.94. The summed E-state index contributed by atoms with van der Waals surface area (Å²) in [6.45, 7) is -0.189. The Morgan fingerprint density at radius 3 is 2.58 bits per heavy atom. The average Bonchev–Trinajstić information content (AvgIpc) is 2.54. The standard InChI is InChI=1S/C15H11FN2O5S/c16-10-2-4-11(5-3-10)24(21,22)18-15(20)9-1-6-12-13(7-9)23-8-14(19)17-12/h1-7H,8H2,(H,17,19)(H,18,20). The summed E-state index contributed by atoms with van der Waals surface area (Å²) in [6, 6.07) is 8.18. The van der Waals surface area contributed by atoms with Crippen LogP contribution in [0.4, 0.5) is 10.1 Å². The van der Waals surface area contributed by atoms with Gasteiger partial charge in [-0.25, -0.2) is 17.5 Å². The van der Waals surface area contributed by atoms with Gasteiger partial charge in [-0.2, -0.15) is 0 Å². The van der Waals surface area contributed by atoms with Crippen LogP contribution in [0.1, 0.15) is 10.4 Å². The van der Waals surface area contributed by atoms with Gasteiger partial charge in [-0.1, -0.05) is 0 Å². The molecule has 9 heteroatoms. The zero-order valence-corrected chi connectivity index (χ0v) is 12.9. The van der Waals surface area contributed by atoms with Gasteiger partial charge >= 0.3 is 0 Å². The Labute approximate surface area is 136 Å². The van der Waals surface area contributed by atoms with Gasteiger partial charge in [0.05, 0.1) is 10.6 Å². The van der Waals surface area contributed by atoms with E-state index in [4.69, 9.17) is 4.74 Å². The zero-order valence-electron chi connectivity index (χ0n) is 12.1. The van der Waals surface area contributed by atoms with E-state index in [1.165, 1.54) is 18.2 Å². The van der Waals surface area contributed by atoms with Gasteiger partial charge < -0.3 is 10.1 Å². The maximum absolute atomic E-state index is 12.9. The number of hydrogen-bond donors (Lipinski definition) is 2. The molecule has 0 saturated heterocycles. The molecule has 2 aromatic rings. The van der Waals surface area contributed by atoms with Crippen LogP contribution in [-0.2, 0) is 14.8 Å². The van der Waals surface area contributed by atoms with Crippen LogP contribution in [-0.4, -0.2) is 26.8 Å². The van der Waals surface area contributed by atoms with Gasteiger partial charge in [-0.3, -0.25) is 9.59 Å². The molecule has 2 N–H and O–H groups in total. The first kappa shape index (κ1) is 15.9. The number of amides is 2. The maximum Gasteiger partial charge on any atom is 0.265 e. The van der Waals surface area contributed by atoms with E-state index in [1.807, 2.05) is 4.72 Å². The van der Waals surface area contributed by atoms with E-state index in [2.05, 4.69) is 5.32 Å². The van der Waals surface area contributed by atoms with E-state index in [1.54, 1.807) is 0 Å². The largest absolute Gasteiger partial charge is 0.482 e. The zero-order chi connectivity index (χ0) is 17.3. The van der Waals surface area contributed by atoms with Crippen LogP contribution in [0.25, 0.3) is 0 Å². The van der Waals surface area contributed by atoms with E-state index in [0.29, 0.717) is 5.69 Å². The maximum atomic E-state index is 12.9. The van der Waals surface area contributed by atoms with Gasteiger partial charge in [0.2, 0.25) is 0 Å². The first-order valence-electron chi connectivity index (χ1n) is 6.74. The second kappa shape index (κ2) is 5.93. The van der Waals surface area contributed by atoms with Gasteiger partial charge in [-0.15, -0.1) is 0 Å². The van der Waals surface area contributed by atoms with Crippen molar-refractivity contribution in [1.82, 2.24) is 4.72 Å². The molecule has 0 radical (unpaired) electrons. The molecule has 0 spiro atoms. The SMILES string of the molecule is O=C1COc2cc(C(=O)NS(=O)(=O)c3ccc(F)cc3)ccc2N1. The predicted molar refractivity (Wildman–Crippen MR) is 81.6 cm³/mol. The molecule has 1 aliphatic heterocycles. The van der Waals surface area contributed by atoms with Crippen LogP contribution in [0.15, 0.2) is 47.4 Å². The Morgan fingerprint density at radius 2 is 1.88 bits per heavy atom. The molecular weight excluding hydrogens is 339 g/mol. The number of fused-ring (bicyclic) bond motifs is 1. The Morgan fingerprint density at radius 1 is 1.17 bits per heavy atom. The predicted octanol–water partition coefficient (Wildman–Crippen LogP) is 1.28. The summed E-state index contributed by atoms with van der Waals surface area (Å²) >= 11 is 0. The molecule has 0 atom stereocenters. The summed E-state index contributed by atoms with van der Waals surface area (Å²) in [7, 11) is -4.13. The minimum Gasteiger partial charge on any atom is -0.482 e. The van der Waals surface area contributed by atoms with E-state index < -0.39 is 21.7 Å². The number of carbonyl (C=O) groups excluding carboxylic acids is 2. The molecule has 0 bridgehead atoms. The number of rotatable bonds is 3. The monoisotopic (exact) mass is 350 g/mol. The number of ether oxygens (including phenoxy) is 1. The molecule has 1 heterocycles. The lowest BCUT2D eigenvalue weighted by Crippen LogP contribution is -2.31. The van der Waals surface area contributed by atoms with Gasteiger partial charge in [0.15, 0.2) is 6.61 Å². The molecule has 3 rings (SSSR count). The summed E-state index contributed by atoms with van der Waals surface area (Å²) in [6.07, 6.45) is 0. The summed E-state index contributed by atoms with van der Waals surface area (Å²) in [5.74, 6) is -1.52. The minimum atomic E-state index is -4.13. The number of anilines is 1. The molecule has 0 unspecified atom stereocenters. The topological polar surface area (TPSA) is 102 Å². The van der Waals surface area contributed by atoms with Crippen LogP contribution in [0, 0.1) is 5.82 Å². The van der Waals surface area contributed by atoms with Crippen LogP contribution in [0.2, 0.25) is 0 Å². The Balaban J connectivity index is 1.82. The summed E-state index contributed by atoms with van der Waals surface area (Å²) < 4.78 is 44.2. The molecule has 1 aliphatic rings. The number of sulfonamides is 1. The molecule has 24 heavy (non-hydrogen) atoms. The molecule has 0 fully saturated rings. The molecule has 0 saturated carbocycles. The lowest BCUT2D eigenvalue weighted by Gasteiger charge is -2.18. The van der Waals surface area contributed by atoms with Crippen molar-refractivity contribution in [3.8, 4) is 5.75 Å². The minimum absolute atomic E-state index is 0.0376. The van der Waals surface area contributed by atoms with Crippen LogP contribution < -0.4 is 14.8 Å². The molecule has 7 nitrogen and oxygen atoms in total. The smallest absolute Gasteiger partial charge is 0.265 e. The lowest BCUT2D eigenvalue weighted by molar-refractivity contribution is -0.118. The number of hydrogen-bond acceptors (Lipinski definition) is 5. The number of halogens is 1. The summed E-state index contributed by atoms with van der Waals surface area (Å²) in [5.41, 5.74) is 0.430. The third-order valence-corrected chi connectivity index (χ3v) is 4.57. The molecule has 0 aliphatic carbocycles. The van der Waals surface area contributed by atoms with Crippen molar-refractivity contribution in [3.63, 3.8) is 0 Å². The normalized spacial score (nSPS) is 13.5. The summed E-state index contributed by atoms with van der Waals surface area (Å²) in [5, 5.41) is 2.56. The second-order valence-electron chi connectivity index (χ2n) is 4.94. The van der Waals surface area contributed by atoms with E-state index in [-0.39, 0.29) is 28.7 Å². The van der Waals surface area contributed by atoms with Crippen molar-refractivity contribution < 1.29 is 27.1 Å². The molecule has 2 aromatic carbocycles. The fourth-order valence-corrected chi connectivity index (χ4v) is 3.04. The average molecular weight is 350 g/mol. The van der Waals surface area contributed by atoms with Crippen molar-refractivity contribution in [3.05, 3.63) is 53.8 Å². The van der Waals surface area contributed by atoms with Crippen molar-refractivity contribution in [2.24, 2.45) is 0 Å². The Bertz CT molecular complexity index is 925. The van der Waals surface area contributed by atoms with Crippen molar-refractivity contribution in [2.45, 2.75) is 4.90 Å². The third-order valence-electron chi connectivity index (χ3n) is 3.23. The fraction of sp³-hybridized carbons (Fsp3) is 0.0667. The first-order valence-corrected chi connectivity index (χ1v) is 8.23. The van der Waals surface area contributed by atoms with Gasteiger partial charge in [0.25, 0.3) is 21.8 Å². The highest BCUT2D eigenvalue weighted by molar-refractivity contribution is 7.90. The highest BCUT2D eigenvalue weighted by Crippen LogP contribution is 2.28. The number of benzene rings is 2. The van der Waals surface area contributed by atoms with Gasteiger partial charge in [-0.05, 0) is 42.5 Å². The highest BCUT2D eigenvalue weighted by Gasteiger charge is 2.21. The summed E-state index contributed by atoms with van der Waals surface area (Å²) in [4.78, 5) is 23.1. The van der Waals surface area contributed by atoms with Crippen molar-refractivity contribution in [2.75, 3.05) is 11.9 Å². The first-order chi connectivity index (χ1) is 11.3. The third kappa shape index (κ3) is 3.20. The fourth-order valence-electron chi connectivity index (χ4n) is 2.07. The second-order valence-corrected chi connectivity index (χ2v) is 6.62. The van der Waals surface area contributed by atoms with Crippen LogP contribution >= 0.6 is 0 Å². The lowest BCUT2D eigenvalue weighted by atomic mass is 10.1. The van der Waals surface area contributed by atoms with Gasteiger partial charge in [0, 0.05) is 5.56 Å². The van der Waals surface area contributed by atoms with Crippen molar-refractivity contribution >= 4 is 27.5 Å². The highest BCUT2D eigenvalue weighted by atomic mass is 32.2. The Kier molecular flexibility index (Phi) is 3.94. The van der Waals surface area contributed by atoms with Crippen LogP contribution in [0.5, 0.6) is 5.75 Å². The number of nitrogens with one attached hydrogen (secondary N) is 2. The van der Waals surface area contributed by atoms with Crippen LogP contribution in [0.3, 0.4) is 0 Å².